The van der Waals surface area contributed by atoms with E-state index < -0.39 is 0 Å². The summed E-state index contributed by atoms with van der Waals surface area (Å²) in [6.45, 7) is 1.76. The number of nitrogens with zero attached hydrogens (tertiary/aromatic N) is 1. The topological polar surface area (TPSA) is 81.2 Å². The molecule has 2 atom stereocenters. The molecule has 1 aromatic carbocycles. The molecule has 0 radical (unpaired) electrons. The third-order valence-electron chi connectivity index (χ3n) is 5.89. The van der Waals surface area contributed by atoms with E-state index >= 15 is 0 Å². The van der Waals surface area contributed by atoms with Crippen molar-refractivity contribution in [1.29, 1.82) is 0 Å². The van der Waals surface area contributed by atoms with Crippen LogP contribution in [0, 0.1) is 18.8 Å². The highest BCUT2D eigenvalue weighted by Gasteiger charge is 2.40. The number of amides is 1. The lowest BCUT2D eigenvalue weighted by Crippen LogP contribution is -2.53. The molecule has 5 nitrogen and oxygen atoms in total. The summed E-state index contributed by atoms with van der Waals surface area (Å²) in [4.78, 5) is 13.1. The largest absolute Gasteiger partial charge is 0.360 e. The number of hydrogen-bond acceptors (Lipinski definition) is 4. The van der Waals surface area contributed by atoms with Gasteiger partial charge in [0.25, 0.3) is 5.91 Å². The van der Waals surface area contributed by atoms with Crippen molar-refractivity contribution in [3.05, 3.63) is 40.6 Å². The molecular weight excluding hydrogens is 350 g/mol. The zero-order valence-corrected chi connectivity index (χ0v) is 15.6. The highest BCUT2D eigenvalue weighted by atomic mass is 35.5. The van der Waals surface area contributed by atoms with Crippen LogP contribution in [-0.4, -0.2) is 23.1 Å². The number of hydrogen-bond donors (Lipinski definition) is 2. The Morgan fingerprint density at radius 1 is 1.27 bits per heavy atom. The Morgan fingerprint density at radius 3 is 2.65 bits per heavy atom. The van der Waals surface area contributed by atoms with E-state index in [-0.39, 0.29) is 18.0 Å². The van der Waals surface area contributed by atoms with Crippen molar-refractivity contribution < 1.29 is 9.32 Å². The Bertz CT molecular complexity index is 805. The maximum atomic E-state index is 13.1. The van der Waals surface area contributed by atoms with Gasteiger partial charge in [-0.1, -0.05) is 41.4 Å². The SMILES string of the molecule is Cc1onc(-c2ccccc2Cl)c1C(=O)NC1C2CCCC1CC(N)C2. The number of halogens is 1. The molecule has 2 aliphatic rings. The van der Waals surface area contributed by atoms with Gasteiger partial charge in [-0.05, 0) is 50.5 Å². The van der Waals surface area contributed by atoms with Gasteiger partial charge in [-0.2, -0.15) is 0 Å². The van der Waals surface area contributed by atoms with E-state index in [1.54, 1.807) is 13.0 Å². The first-order valence-corrected chi connectivity index (χ1v) is 9.70. The van der Waals surface area contributed by atoms with Crippen molar-refractivity contribution in [3.8, 4) is 11.3 Å². The zero-order valence-electron chi connectivity index (χ0n) is 14.9. The smallest absolute Gasteiger partial charge is 0.257 e. The summed E-state index contributed by atoms with van der Waals surface area (Å²) in [5.74, 6) is 1.31. The zero-order chi connectivity index (χ0) is 18.3. The maximum Gasteiger partial charge on any atom is 0.257 e. The highest BCUT2D eigenvalue weighted by Crippen LogP contribution is 2.40. The predicted octanol–water partition coefficient (Wildman–Crippen LogP) is 3.94. The second kappa shape index (κ2) is 7.05. The molecule has 2 bridgehead atoms. The van der Waals surface area contributed by atoms with Crippen LogP contribution in [-0.2, 0) is 0 Å². The third kappa shape index (κ3) is 3.14. The van der Waals surface area contributed by atoms with Crippen LogP contribution in [0.1, 0.15) is 48.2 Å². The number of carbonyl (C=O) groups excluding carboxylic acids is 1. The minimum Gasteiger partial charge on any atom is -0.360 e. The first-order chi connectivity index (χ1) is 12.5. The molecule has 4 rings (SSSR count). The van der Waals surface area contributed by atoms with Gasteiger partial charge in [0.05, 0.1) is 5.02 Å². The quantitative estimate of drug-likeness (QED) is 0.853. The van der Waals surface area contributed by atoms with E-state index in [1.807, 2.05) is 18.2 Å². The number of rotatable bonds is 3. The number of carbonyl (C=O) groups is 1. The predicted molar refractivity (Wildman–Crippen MR) is 101 cm³/mol. The van der Waals surface area contributed by atoms with Crippen LogP contribution in [0.2, 0.25) is 5.02 Å². The second-order valence-corrected chi connectivity index (χ2v) is 8.03. The molecule has 2 aromatic rings. The van der Waals surface area contributed by atoms with Crippen LogP contribution in [0.4, 0.5) is 0 Å². The fourth-order valence-corrected chi connectivity index (χ4v) is 4.95. The third-order valence-corrected chi connectivity index (χ3v) is 6.22. The Morgan fingerprint density at radius 2 is 1.96 bits per heavy atom. The lowest BCUT2D eigenvalue weighted by atomic mass is 9.67. The van der Waals surface area contributed by atoms with Crippen molar-refractivity contribution in [2.45, 2.75) is 51.1 Å². The molecule has 0 spiro atoms. The minimum absolute atomic E-state index is 0.129. The van der Waals surface area contributed by atoms with Gasteiger partial charge in [0.15, 0.2) is 0 Å². The summed E-state index contributed by atoms with van der Waals surface area (Å²) < 4.78 is 5.34. The van der Waals surface area contributed by atoms with Crippen molar-refractivity contribution in [3.63, 3.8) is 0 Å². The monoisotopic (exact) mass is 373 g/mol. The molecular formula is C20H24ClN3O2. The Labute approximate surface area is 158 Å². The lowest BCUT2D eigenvalue weighted by Gasteiger charge is -2.45. The Balaban J connectivity index is 1.62. The van der Waals surface area contributed by atoms with Crippen LogP contribution >= 0.6 is 11.6 Å². The molecule has 6 heteroatoms. The van der Waals surface area contributed by atoms with Crippen molar-refractivity contribution in [2.24, 2.45) is 17.6 Å². The molecule has 0 aliphatic heterocycles. The minimum atomic E-state index is -0.129. The van der Waals surface area contributed by atoms with Crippen molar-refractivity contribution in [1.82, 2.24) is 10.5 Å². The maximum absolute atomic E-state index is 13.1. The molecule has 1 aromatic heterocycles. The van der Waals surface area contributed by atoms with E-state index in [9.17, 15) is 4.79 Å². The summed E-state index contributed by atoms with van der Waals surface area (Å²) in [5.41, 5.74) is 7.89. The van der Waals surface area contributed by atoms with Gasteiger partial charge >= 0.3 is 0 Å². The normalized spacial score (nSPS) is 28.0. The van der Waals surface area contributed by atoms with E-state index in [0.717, 1.165) is 25.7 Å². The molecule has 1 heterocycles. The molecule has 1 amide bonds. The Hall–Kier alpha value is -1.85. The van der Waals surface area contributed by atoms with Gasteiger partial charge in [-0.25, -0.2) is 0 Å². The average Bonchev–Trinajstić information content (AvgIpc) is 2.97. The van der Waals surface area contributed by atoms with Gasteiger partial charge in [-0.15, -0.1) is 0 Å². The molecule has 2 aliphatic carbocycles. The van der Waals surface area contributed by atoms with E-state index in [4.69, 9.17) is 21.9 Å². The lowest BCUT2D eigenvalue weighted by molar-refractivity contribution is 0.0755. The fraction of sp³-hybridized carbons (Fsp3) is 0.500. The first-order valence-electron chi connectivity index (χ1n) is 9.32. The van der Waals surface area contributed by atoms with E-state index in [2.05, 4.69) is 10.5 Å². The molecule has 0 saturated heterocycles. The second-order valence-electron chi connectivity index (χ2n) is 7.62. The fourth-order valence-electron chi connectivity index (χ4n) is 4.73. The van der Waals surface area contributed by atoms with Crippen LogP contribution in [0.3, 0.4) is 0 Å². The number of nitrogens with one attached hydrogen (secondary N) is 1. The average molecular weight is 374 g/mol. The standard InChI is InChI=1S/C20H24ClN3O2/c1-11-17(19(24-26-11)15-7-2-3-8-16(15)21)20(25)23-18-12-5-4-6-13(18)10-14(22)9-12/h2-3,7-8,12-14,18H,4-6,9-10,22H2,1H3,(H,23,25). The summed E-state index contributed by atoms with van der Waals surface area (Å²) in [7, 11) is 0. The molecule has 2 unspecified atom stereocenters. The van der Waals surface area contributed by atoms with Gasteiger partial charge in [0.2, 0.25) is 0 Å². The van der Waals surface area contributed by atoms with Gasteiger partial charge in [0.1, 0.15) is 17.0 Å². The van der Waals surface area contributed by atoms with Gasteiger partial charge in [-0.3, -0.25) is 4.79 Å². The van der Waals surface area contributed by atoms with E-state index in [0.29, 0.717) is 39.4 Å². The van der Waals surface area contributed by atoms with Crippen molar-refractivity contribution >= 4 is 17.5 Å². The van der Waals surface area contributed by atoms with Crippen LogP contribution in [0.25, 0.3) is 11.3 Å². The van der Waals surface area contributed by atoms with E-state index in [1.165, 1.54) is 6.42 Å². The number of nitrogens with two attached hydrogens (primary N) is 1. The molecule has 2 saturated carbocycles. The van der Waals surface area contributed by atoms with Crippen LogP contribution in [0.15, 0.2) is 28.8 Å². The summed E-state index contributed by atoms with van der Waals surface area (Å²) >= 11 is 6.30. The highest BCUT2D eigenvalue weighted by molar-refractivity contribution is 6.33. The molecule has 2 fully saturated rings. The van der Waals surface area contributed by atoms with Crippen molar-refractivity contribution in [2.75, 3.05) is 0 Å². The van der Waals surface area contributed by atoms with Gasteiger partial charge < -0.3 is 15.6 Å². The number of aryl methyl sites for hydroxylation is 1. The summed E-state index contributed by atoms with van der Waals surface area (Å²) in [5, 5.41) is 7.93. The first kappa shape index (κ1) is 17.6. The molecule has 26 heavy (non-hydrogen) atoms. The molecule has 138 valence electrons. The Kier molecular flexibility index (Phi) is 4.76. The molecule has 3 N–H and O–H groups in total. The number of benzene rings is 1. The number of aromatic nitrogens is 1. The summed E-state index contributed by atoms with van der Waals surface area (Å²) in [6.07, 6.45) is 5.47. The van der Waals surface area contributed by atoms with Gasteiger partial charge in [0, 0.05) is 17.6 Å². The summed E-state index contributed by atoms with van der Waals surface area (Å²) in [6, 6.07) is 7.81. The van der Waals surface area contributed by atoms with Crippen LogP contribution in [0.5, 0.6) is 0 Å². The van der Waals surface area contributed by atoms with Crippen LogP contribution < -0.4 is 11.1 Å². The number of fused-ring (bicyclic) bond motifs is 2.